The van der Waals surface area contributed by atoms with Crippen molar-refractivity contribution in [2.24, 2.45) is 0 Å². The fourth-order valence-electron chi connectivity index (χ4n) is 5.59. The fourth-order valence-corrected chi connectivity index (χ4v) is 9.54. The topological polar surface area (TPSA) is 18.5 Å². The number of fused-ring (bicyclic) bond motifs is 2. The van der Waals surface area contributed by atoms with Gasteiger partial charge in [0.25, 0.3) is 0 Å². The van der Waals surface area contributed by atoms with E-state index in [0.29, 0.717) is 0 Å². The van der Waals surface area contributed by atoms with Crippen LogP contribution >= 0.6 is 0 Å². The van der Waals surface area contributed by atoms with E-state index in [1.807, 2.05) is 0 Å². The summed E-state index contributed by atoms with van der Waals surface area (Å²) in [6.45, 7) is 14.1. The molecule has 0 aliphatic carbocycles. The highest BCUT2D eigenvalue weighted by Gasteiger charge is 2.29. The summed E-state index contributed by atoms with van der Waals surface area (Å²) in [4.78, 5) is 0. The average Bonchev–Trinajstić information content (AvgIpc) is 2.90. The lowest BCUT2D eigenvalue weighted by molar-refractivity contribution is 0.538. The summed E-state index contributed by atoms with van der Waals surface area (Å²) in [5.74, 6) is 2.14. The molecule has 0 fully saturated rings. The first-order valence-corrected chi connectivity index (χ1v) is 21.8. The van der Waals surface area contributed by atoms with Gasteiger partial charge in [0.1, 0.15) is 11.5 Å². The maximum Gasteiger partial charge on any atom is 0.245 e. The highest BCUT2D eigenvalue weighted by molar-refractivity contribution is 6.72. The molecule has 0 saturated carbocycles. The lowest BCUT2D eigenvalue weighted by atomic mass is 10.0. The molecule has 0 N–H and O–H groups in total. The van der Waals surface area contributed by atoms with Gasteiger partial charge in [0.2, 0.25) is 16.6 Å². The van der Waals surface area contributed by atoms with Gasteiger partial charge in [0.15, 0.2) is 0 Å². The standard InChI is InChI=1S/C34H54O2Si2/c1-7-9-11-13-15-21-27-37(3,4)35-33-29-23-17-19-25-31(29)34(32-26-20-18-24-30(32)33)36-38(5,6)28-22-16-14-12-10-8-2/h17-20,23-26H,7-16,21-22,27-28H2,1-6H3. The Hall–Kier alpha value is -1.79. The zero-order valence-electron chi connectivity index (χ0n) is 25.3. The van der Waals surface area contributed by atoms with Gasteiger partial charge in [-0.15, -0.1) is 0 Å². The summed E-state index contributed by atoms with van der Waals surface area (Å²) in [5, 5.41) is 4.81. The molecule has 0 radical (unpaired) electrons. The van der Waals surface area contributed by atoms with Crippen LogP contribution in [-0.2, 0) is 0 Å². The van der Waals surface area contributed by atoms with E-state index >= 15 is 0 Å². The molecule has 3 rings (SSSR count). The van der Waals surface area contributed by atoms with Crippen molar-refractivity contribution < 1.29 is 8.85 Å². The number of rotatable bonds is 18. The van der Waals surface area contributed by atoms with Crippen molar-refractivity contribution in [3.8, 4) is 11.5 Å². The maximum atomic E-state index is 7.05. The van der Waals surface area contributed by atoms with E-state index in [0.717, 1.165) is 11.5 Å². The quantitative estimate of drug-likeness (QED) is 0.0890. The van der Waals surface area contributed by atoms with Crippen molar-refractivity contribution in [3.05, 3.63) is 48.5 Å². The number of hydrogen-bond acceptors (Lipinski definition) is 2. The average molecular weight is 551 g/mol. The van der Waals surface area contributed by atoms with Crippen molar-refractivity contribution in [1.29, 1.82) is 0 Å². The van der Waals surface area contributed by atoms with Crippen molar-refractivity contribution >= 4 is 38.2 Å². The largest absolute Gasteiger partial charge is 0.543 e. The van der Waals surface area contributed by atoms with Crippen LogP contribution in [0.1, 0.15) is 90.9 Å². The maximum absolute atomic E-state index is 7.05. The monoisotopic (exact) mass is 550 g/mol. The Morgan fingerprint density at radius 3 is 1.05 bits per heavy atom. The van der Waals surface area contributed by atoms with Crippen molar-refractivity contribution in [2.75, 3.05) is 0 Å². The first-order valence-electron chi connectivity index (χ1n) is 15.6. The van der Waals surface area contributed by atoms with Gasteiger partial charge in [-0.1, -0.05) is 139 Å². The molecule has 3 aromatic carbocycles. The summed E-state index contributed by atoms with van der Waals surface area (Å²) < 4.78 is 14.1. The number of benzene rings is 3. The SMILES string of the molecule is CCCCCCCC[Si](C)(C)Oc1c2ccccc2c(O[Si](C)(C)CCCCCCCC)c2ccccc12. The Balaban J connectivity index is 1.84. The predicted molar refractivity (Wildman–Crippen MR) is 174 cm³/mol. The van der Waals surface area contributed by atoms with Crippen LogP contribution in [0.15, 0.2) is 48.5 Å². The van der Waals surface area contributed by atoms with Crippen molar-refractivity contribution in [1.82, 2.24) is 0 Å². The lowest BCUT2D eigenvalue weighted by Gasteiger charge is -2.30. The molecule has 0 aromatic heterocycles. The van der Waals surface area contributed by atoms with Crippen LogP contribution in [0.5, 0.6) is 11.5 Å². The molecule has 4 heteroatoms. The van der Waals surface area contributed by atoms with Gasteiger partial charge in [-0.05, 0) is 38.3 Å². The summed E-state index contributed by atoms with van der Waals surface area (Å²) in [7, 11) is -3.75. The normalized spacial score (nSPS) is 12.4. The Morgan fingerprint density at radius 2 is 0.737 bits per heavy atom. The summed E-state index contributed by atoms with van der Waals surface area (Å²) >= 11 is 0. The smallest absolute Gasteiger partial charge is 0.245 e. The number of unbranched alkanes of at least 4 members (excludes halogenated alkanes) is 10. The summed E-state index contributed by atoms with van der Waals surface area (Å²) in [5.41, 5.74) is 0. The molecule has 38 heavy (non-hydrogen) atoms. The van der Waals surface area contributed by atoms with Gasteiger partial charge in [-0.2, -0.15) is 0 Å². The summed E-state index contributed by atoms with van der Waals surface area (Å²) in [6, 6.07) is 20.0. The van der Waals surface area contributed by atoms with Gasteiger partial charge < -0.3 is 8.85 Å². The van der Waals surface area contributed by atoms with Crippen LogP contribution in [0.2, 0.25) is 38.3 Å². The highest BCUT2D eigenvalue weighted by Crippen LogP contribution is 2.45. The van der Waals surface area contributed by atoms with Gasteiger partial charge in [-0.3, -0.25) is 0 Å². The van der Waals surface area contributed by atoms with Crippen molar-refractivity contribution in [2.45, 2.75) is 129 Å². The molecule has 0 saturated heterocycles. The third kappa shape index (κ3) is 9.15. The van der Waals surface area contributed by atoms with Crippen LogP contribution in [-0.4, -0.2) is 16.6 Å². The highest BCUT2D eigenvalue weighted by atomic mass is 28.4. The van der Waals surface area contributed by atoms with E-state index in [9.17, 15) is 0 Å². The molecule has 2 nitrogen and oxygen atoms in total. The molecule has 0 unspecified atom stereocenters. The molecule has 0 atom stereocenters. The minimum absolute atomic E-state index is 1.07. The molecular formula is C34H54O2Si2. The summed E-state index contributed by atoms with van der Waals surface area (Å²) in [6.07, 6.45) is 16.0. The second-order valence-corrected chi connectivity index (χ2v) is 21.0. The molecule has 210 valence electrons. The Labute approximate surface area is 235 Å². The van der Waals surface area contributed by atoms with Crippen LogP contribution < -0.4 is 8.85 Å². The zero-order chi connectivity index (χ0) is 27.4. The predicted octanol–water partition coefficient (Wildman–Crippen LogP) is 11.9. The Bertz CT molecular complexity index is 977. The zero-order valence-corrected chi connectivity index (χ0v) is 27.3. The number of hydrogen-bond donors (Lipinski definition) is 0. The van der Waals surface area contributed by atoms with E-state index in [4.69, 9.17) is 8.85 Å². The van der Waals surface area contributed by atoms with Gasteiger partial charge in [0.05, 0.1) is 0 Å². The molecule has 0 heterocycles. The molecule has 0 aliphatic rings. The van der Waals surface area contributed by atoms with Gasteiger partial charge >= 0.3 is 0 Å². The van der Waals surface area contributed by atoms with Crippen LogP contribution in [0.3, 0.4) is 0 Å². The first kappa shape index (κ1) is 30.8. The molecular weight excluding hydrogens is 497 g/mol. The fraction of sp³-hybridized carbons (Fsp3) is 0.588. The van der Waals surface area contributed by atoms with E-state index in [1.54, 1.807) is 0 Å². The molecule has 0 amide bonds. The van der Waals surface area contributed by atoms with Crippen LogP contribution in [0.4, 0.5) is 0 Å². The first-order chi connectivity index (χ1) is 18.3. The molecule has 0 spiro atoms. The third-order valence-corrected chi connectivity index (χ3v) is 12.5. The van der Waals surface area contributed by atoms with Gasteiger partial charge in [-0.25, -0.2) is 0 Å². The molecule has 0 bridgehead atoms. The van der Waals surface area contributed by atoms with E-state index in [-0.39, 0.29) is 0 Å². The van der Waals surface area contributed by atoms with Crippen LogP contribution in [0.25, 0.3) is 21.5 Å². The Morgan fingerprint density at radius 1 is 0.447 bits per heavy atom. The van der Waals surface area contributed by atoms with E-state index in [1.165, 1.54) is 111 Å². The second kappa shape index (κ2) is 15.1. The second-order valence-electron chi connectivity index (χ2n) is 12.5. The van der Waals surface area contributed by atoms with E-state index in [2.05, 4.69) is 88.6 Å². The third-order valence-electron chi connectivity index (χ3n) is 7.85. The van der Waals surface area contributed by atoms with E-state index < -0.39 is 16.6 Å². The Kier molecular flexibility index (Phi) is 12.2. The minimum atomic E-state index is -1.88. The molecule has 0 aliphatic heterocycles. The lowest BCUT2D eigenvalue weighted by Crippen LogP contribution is -2.35. The van der Waals surface area contributed by atoms with Gasteiger partial charge in [0, 0.05) is 21.5 Å². The van der Waals surface area contributed by atoms with Crippen molar-refractivity contribution in [3.63, 3.8) is 0 Å². The van der Waals surface area contributed by atoms with Crippen LogP contribution in [0, 0.1) is 0 Å². The minimum Gasteiger partial charge on any atom is -0.543 e. The molecule has 3 aromatic rings.